The summed E-state index contributed by atoms with van der Waals surface area (Å²) in [5.41, 5.74) is 1.24. The first kappa shape index (κ1) is 14.3. The monoisotopic (exact) mass is 291 g/mol. The summed E-state index contributed by atoms with van der Waals surface area (Å²) in [4.78, 5) is 6.64. The Bertz CT molecular complexity index is 526. The first-order valence-corrected chi connectivity index (χ1v) is 7.49. The number of aliphatic imine (C=N–C) groups is 1. The maximum Gasteiger partial charge on any atom is 0.193 e. The molecule has 1 aromatic carbocycles. The summed E-state index contributed by atoms with van der Waals surface area (Å²) in [5, 5.41) is 3.33. The number of hydrogen-bond acceptors (Lipinski definition) is 2. The Morgan fingerprint density at radius 2 is 2.38 bits per heavy atom. The summed E-state index contributed by atoms with van der Waals surface area (Å²) >= 11 is 0. The van der Waals surface area contributed by atoms with E-state index in [-0.39, 0.29) is 5.82 Å². The van der Waals surface area contributed by atoms with Crippen molar-refractivity contribution in [2.24, 2.45) is 10.4 Å². The molecule has 0 saturated carbocycles. The van der Waals surface area contributed by atoms with Gasteiger partial charge in [0.1, 0.15) is 5.82 Å². The molecular formula is C16H22FN3O. The van der Waals surface area contributed by atoms with Crippen LogP contribution in [0, 0.1) is 11.2 Å². The second kappa shape index (κ2) is 6.02. The average Bonchev–Trinajstić information content (AvgIpc) is 3.11. The Morgan fingerprint density at radius 1 is 1.48 bits per heavy atom. The number of benzene rings is 1. The summed E-state index contributed by atoms with van der Waals surface area (Å²) in [6.07, 6.45) is 2.30. The summed E-state index contributed by atoms with van der Waals surface area (Å²) in [7, 11) is 1.80. The highest BCUT2D eigenvalue weighted by atomic mass is 19.1. The molecule has 1 unspecified atom stereocenters. The number of likely N-dealkylation sites (tertiary alicyclic amines) is 1. The number of rotatable bonds is 2. The molecule has 2 aliphatic rings. The predicted octanol–water partition coefficient (Wildman–Crippen LogP) is 2.01. The van der Waals surface area contributed by atoms with E-state index < -0.39 is 0 Å². The standard InChI is InChI=1S/C16H22FN3O/c1-18-15(19-10-13-3-2-4-14(17)9-13)20-7-5-16(11-20)6-8-21-12-16/h2-4,9H,5-8,10-12H2,1H3,(H,18,19). The maximum absolute atomic E-state index is 13.2. The van der Waals surface area contributed by atoms with Gasteiger partial charge in [-0.2, -0.15) is 0 Å². The fourth-order valence-electron chi connectivity index (χ4n) is 3.25. The fraction of sp³-hybridized carbons (Fsp3) is 0.562. The zero-order chi connectivity index (χ0) is 14.7. The average molecular weight is 291 g/mol. The lowest BCUT2D eigenvalue weighted by Gasteiger charge is -2.25. The zero-order valence-electron chi connectivity index (χ0n) is 12.4. The molecule has 0 aromatic heterocycles. The van der Waals surface area contributed by atoms with E-state index in [0.29, 0.717) is 12.0 Å². The van der Waals surface area contributed by atoms with E-state index in [9.17, 15) is 4.39 Å². The summed E-state index contributed by atoms with van der Waals surface area (Å²) in [6.45, 7) is 4.33. The third kappa shape index (κ3) is 3.18. The van der Waals surface area contributed by atoms with Crippen LogP contribution in [0.15, 0.2) is 29.3 Å². The number of ether oxygens (including phenoxy) is 1. The van der Waals surface area contributed by atoms with E-state index >= 15 is 0 Å². The third-order valence-corrected chi connectivity index (χ3v) is 4.47. The van der Waals surface area contributed by atoms with Crippen molar-refractivity contribution in [1.29, 1.82) is 0 Å². The van der Waals surface area contributed by atoms with Gasteiger partial charge >= 0.3 is 0 Å². The number of nitrogens with one attached hydrogen (secondary N) is 1. The fourth-order valence-corrected chi connectivity index (χ4v) is 3.25. The molecule has 1 N–H and O–H groups in total. The van der Waals surface area contributed by atoms with Crippen LogP contribution in [-0.2, 0) is 11.3 Å². The van der Waals surface area contributed by atoms with Gasteiger partial charge in [-0.25, -0.2) is 4.39 Å². The van der Waals surface area contributed by atoms with Crippen LogP contribution in [0.25, 0.3) is 0 Å². The van der Waals surface area contributed by atoms with Crippen LogP contribution in [0.3, 0.4) is 0 Å². The van der Waals surface area contributed by atoms with Crippen LogP contribution in [-0.4, -0.2) is 44.2 Å². The maximum atomic E-state index is 13.2. The summed E-state index contributed by atoms with van der Waals surface area (Å²) < 4.78 is 18.8. The Kier molecular flexibility index (Phi) is 4.10. The molecule has 2 fully saturated rings. The van der Waals surface area contributed by atoms with Crippen LogP contribution in [0.4, 0.5) is 4.39 Å². The summed E-state index contributed by atoms with van der Waals surface area (Å²) in [6, 6.07) is 6.66. The molecule has 0 amide bonds. The summed E-state index contributed by atoms with van der Waals surface area (Å²) in [5.74, 6) is 0.690. The minimum absolute atomic E-state index is 0.201. The van der Waals surface area contributed by atoms with Gasteiger partial charge in [0.05, 0.1) is 6.61 Å². The van der Waals surface area contributed by atoms with E-state index in [4.69, 9.17) is 4.74 Å². The Labute approximate surface area is 125 Å². The predicted molar refractivity (Wildman–Crippen MR) is 80.7 cm³/mol. The first-order chi connectivity index (χ1) is 10.2. The van der Waals surface area contributed by atoms with Crippen molar-refractivity contribution in [1.82, 2.24) is 10.2 Å². The van der Waals surface area contributed by atoms with Crippen LogP contribution >= 0.6 is 0 Å². The normalized spacial score (nSPS) is 25.8. The highest BCUT2D eigenvalue weighted by molar-refractivity contribution is 5.80. The van der Waals surface area contributed by atoms with Gasteiger partial charge in [0.2, 0.25) is 0 Å². The van der Waals surface area contributed by atoms with Crippen molar-refractivity contribution in [2.75, 3.05) is 33.4 Å². The van der Waals surface area contributed by atoms with Crippen LogP contribution in [0.5, 0.6) is 0 Å². The van der Waals surface area contributed by atoms with Crippen molar-refractivity contribution in [2.45, 2.75) is 19.4 Å². The molecule has 0 radical (unpaired) electrons. The van der Waals surface area contributed by atoms with Gasteiger partial charge in [0, 0.05) is 38.7 Å². The van der Waals surface area contributed by atoms with Crippen molar-refractivity contribution in [3.8, 4) is 0 Å². The van der Waals surface area contributed by atoms with Gasteiger partial charge in [-0.1, -0.05) is 12.1 Å². The molecule has 0 bridgehead atoms. The second-order valence-corrected chi connectivity index (χ2v) is 6.00. The Morgan fingerprint density at radius 3 is 3.10 bits per heavy atom. The number of nitrogens with zero attached hydrogens (tertiary/aromatic N) is 2. The molecule has 2 heterocycles. The van der Waals surface area contributed by atoms with Crippen molar-refractivity contribution in [3.05, 3.63) is 35.6 Å². The lowest BCUT2D eigenvalue weighted by Crippen LogP contribution is -2.41. The first-order valence-electron chi connectivity index (χ1n) is 7.49. The largest absolute Gasteiger partial charge is 0.381 e. The number of halogens is 1. The molecular weight excluding hydrogens is 269 g/mol. The van der Waals surface area contributed by atoms with Crippen LogP contribution in [0.2, 0.25) is 0 Å². The van der Waals surface area contributed by atoms with E-state index in [1.165, 1.54) is 6.07 Å². The van der Waals surface area contributed by atoms with Crippen LogP contribution < -0.4 is 5.32 Å². The van der Waals surface area contributed by atoms with Crippen molar-refractivity contribution < 1.29 is 9.13 Å². The van der Waals surface area contributed by atoms with E-state index in [1.807, 2.05) is 6.07 Å². The number of guanidine groups is 1. The molecule has 2 aliphatic heterocycles. The van der Waals surface area contributed by atoms with E-state index in [0.717, 1.165) is 50.7 Å². The van der Waals surface area contributed by atoms with Gasteiger partial charge in [-0.05, 0) is 30.5 Å². The molecule has 1 atom stereocenters. The Balaban J connectivity index is 1.59. The van der Waals surface area contributed by atoms with Gasteiger partial charge in [-0.15, -0.1) is 0 Å². The lowest BCUT2D eigenvalue weighted by atomic mass is 9.87. The van der Waals surface area contributed by atoms with Gasteiger partial charge in [0.15, 0.2) is 5.96 Å². The second-order valence-electron chi connectivity index (χ2n) is 6.00. The van der Waals surface area contributed by atoms with Gasteiger partial charge < -0.3 is 15.0 Å². The van der Waals surface area contributed by atoms with Crippen molar-refractivity contribution in [3.63, 3.8) is 0 Å². The highest BCUT2D eigenvalue weighted by Crippen LogP contribution is 2.38. The zero-order valence-corrected chi connectivity index (χ0v) is 12.4. The Hall–Kier alpha value is -1.62. The minimum Gasteiger partial charge on any atom is -0.381 e. The van der Waals surface area contributed by atoms with Gasteiger partial charge in [-0.3, -0.25) is 4.99 Å². The molecule has 1 aromatic rings. The topological polar surface area (TPSA) is 36.9 Å². The molecule has 3 rings (SSSR count). The molecule has 1 spiro atoms. The molecule has 114 valence electrons. The quantitative estimate of drug-likeness (QED) is 0.669. The minimum atomic E-state index is -0.201. The van der Waals surface area contributed by atoms with Crippen LogP contribution in [0.1, 0.15) is 18.4 Å². The molecule has 2 saturated heterocycles. The van der Waals surface area contributed by atoms with Gasteiger partial charge in [0.25, 0.3) is 0 Å². The smallest absolute Gasteiger partial charge is 0.193 e. The lowest BCUT2D eigenvalue weighted by molar-refractivity contribution is 0.156. The third-order valence-electron chi connectivity index (χ3n) is 4.47. The molecule has 5 heteroatoms. The molecule has 21 heavy (non-hydrogen) atoms. The number of hydrogen-bond donors (Lipinski definition) is 1. The van der Waals surface area contributed by atoms with E-state index in [1.54, 1.807) is 19.2 Å². The van der Waals surface area contributed by atoms with E-state index in [2.05, 4.69) is 15.2 Å². The highest BCUT2D eigenvalue weighted by Gasteiger charge is 2.42. The molecule has 0 aliphatic carbocycles. The van der Waals surface area contributed by atoms with Crippen molar-refractivity contribution >= 4 is 5.96 Å². The SMILES string of the molecule is CN=C(NCc1cccc(F)c1)N1CCC2(CCOC2)C1. The molecule has 4 nitrogen and oxygen atoms in total.